The lowest BCUT2D eigenvalue weighted by atomic mass is 10.1. The van der Waals surface area contributed by atoms with Crippen molar-refractivity contribution in [3.05, 3.63) is 79.8 Å². The predicted molar refractivity (Wildman–Crippen MR) is 124 cm³/mol. The van der Waals surface area contributed by atoms with E-state index in [0.717, 1.165) is 0 Å². The number of imidazole rings is 1. The van der Waals surface area contributed by atoms with Crippen LogP contribution in [-0.2, 0) is 4.74 Å². The van der Waals surface area contributed by atoms with Crippen LogP contribution in [0, 0.1) is 18.3 Å². The summed E-state index contributed by atoms with van der Waals surface area (Å²) in [6.07, 6.45) is 1.24. The van der Waals surface area contributed by atoms with Crippen molar-refractivity contribution in [1.82, 2.24) is 9.38 Å². The molecule has 0 spiro atoms. The van der Waals surface area contributed by atoms with E-state index in [4.69, 9.17) is 16.3 Å². The number of carbonyl (C=O) groups is 1. The van der Waals surface area contributed by atoms with Gasteiger partial charge in [-0.3, -0.25) is 9.20 Å². The normalized spacial score (nSPS) is 11.8. The van der Waals surface area contributed by atoms with Crippen molar-refractivity contribution in [3.63, 3.8) is 0 Å². The van der Waals surface area contributed by atoms with Gasteiger partial charge in [0, 0.05) is 11.9 Å². The van der Waals surface area contributed by atoms with E-state index in [2.05, 4.69) is 16.4 Å². The lowest BCUT2D eigenvalue weighted by Gasteiger charge is -2.10. The standard InChI is InChI=1S/C24H19ClN4O3/c1-13(2)32-24(31)16-10-15(8-9-19(16)25)27-12-18-14(3)17(11-26)22-28-20-6-4-5-7-21(20)29(22)23(18)30/h4-10,12-13,27H,1-3H3. The Morgan fingerprint density at radius 1 is 1.28 bits per heavy atom. The average molecular weight is 447 g/mol. The highest BCUT2D eigenvalue weighted by atomic mass is 35.5. The van der Waals surface area contributed by atoms with Gasteiger partial charge in [0.2, 0.25) is 0 Å². The number of aromatic nitrogens is 2. The predicted octanol–water partition coefficient (Wildman–Crippen LogP) is 3.82. The maximum absolute atomic E-state index is 13.3. The molecule has 0 radical (unpaired) electrons. The molecule has 2 heterocycles. The summed E-state index contributed by atoms with van der Waals surface area (Å²) in [6, 6.07) is 14.2. The number of carbonyl (C=O) groups excluding carboxylic acids is 1. The number of anilines is 1. The number of nitrogens with zero attached hydrogens (tertiary/aromatic N) is 3. The molecular weight excluding hydrogens is 428 g/mol. The number of halogens is 1. The molecule has 0 unspecified atom stereocenters. The summed E-state index contributed by atoms with van der Waals surface area (Å²) in [5.74, 6) is -0.535. The molecule has 0 aliphatic rings. The maximum atomic E-state index is 13.3. The highest BCUT2D eigenvalue weighted by molar-refractivity contribution is 6.33. The van der Waals surface area contributed by atoms with Crippen LogP contribution < -0.4 is 16.1 Å². The van der Waals surface area contributed by atoms with Crippen molar-refractivity contribution in [3.8, 4) is 6.07 Å². The molecule has 0 saturated heterocycles. The lowest BCUT2D eigenvalue weighted by Crippen LogP contribution is -2.34. The van der Waals surface area contributed by atoms with Gasteiger partial charge in [0.1, 0.15) is 6.07 Å². The molecular formula is C24H19ClN4O3. The Balaban J connectivity index is 1.85. The molecule has 4 rings (SSSR count). The van der Waals surface area contributed by atoms with E-state index >= 15 is 0 Å². The van der Waals surface area contributed by atoms with E-state index in [1.54, 1.807) is 51.1 Å². The second-order valence-corrected chi connectivity index (χ2v) is 7.93. The number of hydrogen-bond acceptors (Lipinski definition) is 6. The van der Waals surface area contributed by atoms with Gasteiger partial charge in [-0.2, -0.15) is 5.26 Å². The van der Waals surface area contributed by atoms with Gasteiger partial charge in [0.05, 0.1) is 38.5 Å². The summed E-state index contributed by atoms with van der Waals surface area (Å²) in [5, 5.41) is 13.4. The molecule has 0 amide bonds. The third kappa shape index (κ3) is 3.66. The first kappa shape index (κ1) is 21.3. The highest BCUT2D eigenvalue weighted by Crippen LogP contribution is 2.22. The largest absolute Gasteiger partial charge is 0.459 e. The number of hydrogen-bond donors (Lipinski definition) is 1. The van der Waals surface area contributed by atoms with Gasteiger partial charge in [0.15, 0.2) is 5.65 Å². The Morgan fingerprint density at radius 2 is 2.03 bits per heavy atom. The second kappa shape index (κ2) is 8.33. The van der Waals surface area contributed by atoms with Gasteiger partial charge < -0.3 is 10.1 Å². The van der Waals surface area contributed by atoms with Crippen molar-refractivity contribution in [2.24, 2.45) is 0 Å². The number of benzene rings is 2. The molecule has 32 heavy (non-hydrogen) atoms. The number of ether oxygens (including phenoxy) is 1. The SMILES string of the molecule is Cc1c(C#N)c2nc3ccccc3n2c(=O)c1=CNc1ccc(Cl)c(C(=O)OC(C)C)c1. The summed E-state index contributed by atoms with van der Waals surface area (Å²) in [6.45, 7) is 5.21. The van der Waals surface area contributed by atoms with Crippen LogP contribution in [0.4, 0.5) is 5.69 Å². The van der Waals surface area contributed by atoms with Gasteiger partial charge in [-0.25, -0.2) is 9.78 Å². The van der Waals surface area contributed by atoms with Crippen LogP contribution in [0.5, 0.6) is 0 Å². The lowest BCUT2D eigenvalue weighted by molar-refractivity contribution is 0.0378. The minimum absolute atomic E-state index is 0.214. The first-order chi connectivity index (χ1) is 15.3. The third-order valence-electron chi connectivity index (χ3n) is 5.02. The van der Waals surface area contributed by atoms with Gasteiger partial charge in [-0.1, -0.05) is 23.7 Å². The number of para-hydroxylation sites is 2. The maximum Gasteiger partial charge on any atom is 0.339 e. The van der Waals surface area contributed by atoms with Crippen LogP contribution in [0.2, 0.25) is 5.02 Å². The van der Waals surface area contributed by atoms with E-state index < -0.39 is 5.97 Å². The van der Waals surface area contributed by atoms with Gasteiger partial charge >= 0.3 is 5.97 Å². The molecule has 0 saturated carbocycles. The molecule has 2 aromatic carbocycles. The molecule has 0 bridgehead atoms. The minimum atomic E-state index is -0.535. The Morgan fingerprint density at radius 3 is 2.75 bits per heavy atom. The highest BCUT2D eigenvalue weighted by Gasteiger charge is 2.17. The van der Waals surface area contributed by atoms with E-state index in [-0.39, 0.29) is 22.2 Å². The Kier molecular flexibility index (Phi) is 5.56. The van der Waals surface area contributed by atoms with Crippen LogP contribution >= 0.6 is 11.6 Å². The number of rotatable bonds is 4. The number of nitriles is 1. The molecule has 0 aliphatic carbocycles. The van der Waals surface area contributed by atoms with Crippen molar-refractivity contribution >= 4 is 46.1 Å². The number of nitrogens with one attached hydrogen (secondary N) is 1. The Bertz CT molecular complexity index is 1530. The quantitative estimate of drug-likeness (QED) is 0.479. The summed E-state index contributed by atoms with van der Waals surface area (Å²) >= 11 is 6.15. The molecule has 0 atom stereocenters. The Labute approximate surface area is 188 Å². The van der Waals surface area contributed by atoms with E-state index in [1.807, 2.05) is 12.1 Å². The van der Waals surface area contributed by atoms with Crippen LogP contribution in [0.1, 0.15) is 35.3 Å². The number of fused-ring (bicyclic) bond motifs is 3. The first-order valence-corrected chi connectivity index (χ1v) is 10.3. The van der Waals surface area contributed by atoms with E-state index in [0.29, 0.717) is 38.7 Å². The summed E-state index contributed by atoms with van der Waals surface area (Å²) in [5.41, 5.74) is 2.89. The molecule has 7 nitrogen and oxygen atoms in total. The van der Waals surface area contributed by atoms with Crippen molar-refractivity contribution in [2.45, 2.75) is 26.9 Å². The first-order valence-electron chi connectivity index (χ1n) is 9.93. The average Bonchev–Trinajstić information content (AvgIpc) is 3.14. The van der Waals surface area contributed by atoms with Gasteiger partial charge in [0.25, 0.3) is 5.56 Å². The summed E-state index contributed by atoms with van der Waals surface area (Å²) in [7, 11) is 0. The van der Waals surface area contributed by atoms with Crippen molar-refractivity contribution < 1.29 is 9.53 Å². The molecule has 0 aliphatic heterocycles. The minimum Gasteiger partial charge on any atom is -0.459 e. The van der Waals surface area contributed by atoms with E-state index in [1.165, 1.54) is 10.6 Å². The molecule has 2 aromatic heterocycles. The van der Waals surface area contributed by atoms with Crippen molar-refractivity contribution in [1.29, 1.82) is 5.26 Å². The van der Waals surface area contributed by atoms with Crippen LogP contribution in [-0.4, -0.2) is 21.5 Å². The van der Waals surface area contributed by atoms with Gasteiger partial charge in [-0.15, -0.1) is 0 Å². The Hall–Kier alpha value is -3.89. The van der Waals surface area contributed by atoms with Gasteiger partial charge in [-0.05, 0) is 56.7 Å². The zero-order valence-corrected chi connectivity index (χ0v) is 18.4. The summed E-state index contributed by atoms with van der Waals surface area (Å²) < 4.78 is 6.67. The molecule has 160 valence electrons. The second-order valence-electron chi connectivity index (χ2n) is 7.53. The fraction of sp³-hybridized carbons (Fsp3) is 0.167. The monoisotopic (exact) mass is 446 g/mol. The van der Waals surface area contributed by atoms with Crippen LogP contribution in [0.3, 0.4) is 0 Å². The van der Waals surface area contributed by atoms with Crippen LogP contribution in [0.25, 0.3) is 22.9 Å². The number of pyridine rings is 1. The van der Waals surface area contributed by atoms with E-state index in [9.17, 15) is 14.9 Å². The topological polar surface area (TPSA) is 96.5 Å². The van der Waals surface area contributed by atoms with Crippen LogP contribution in [0.15, 0.2) is 47.3 Å². The fourth-order valence-electron chi connectivity index (χ4n) is 3.49. The zero-order chi connectivity index (χ0) is 23.0. The molecule has 8 heteroatoms. The molecule has 1 N–H and O–H groups in total. The number of esters is 1. The summed E-state index contributed by atoms with van der Waals surface area (Å²) in [4.78, 5) is 30.1. The fourth-order valence-corrected chi connectivity index (χ4v) is 3.69. The third-order valence-corrected chi connectivity index (χ3v) is 5.35. The molecule has 4 aromatic rings. The van der Waals surface area contributed by atoms with Crippen molar-refractivity contribution in [2.75, 3.05) is 5.32 Å². The smallest absolute Gasteiger partial charge is 0.339 e. The molecule has 0 fully saturated rings. The zero-order valence-electron chi connectivity index (χ0n) is 17.6.